The Bertz CT molecular complexity index is 923. The Hall–Kier alpha value is -2.84. The molecule has 1 amide bonds. The first-order chi connectivity index (χ1) is 15.3. The normalized spacial score (nSPS) is 24.5. The number of morpholine rings is 1. The van der Waals surface area contributed by atoms with E-state index in [1.54, 1.807) is 5.01 Å². The zero-order chi connectivity index (χ0) is 21.0. The molecule has 0 saturated carbocycles. The lowest BCUT2D eigenvalue weighted by molar-refractivity contribution is -0.138. The van der Waals surface area contributed by atoms with E-state index in [1.165, 1.54) is 0 Å². The minimum atomic E-state index is -0.0192. The molecule has 0 radical (unpaired) electrons. The largest absolute Gasteiger partial charge is 0.378 e. The summed E-state index contributed by atoms with van der Waals surface area (Å²) in [5.74, 6) is 0.840. The number of carbonyl (C=O) groups excluding carboxylic acids is 1. The van der Waals surface area contributed by atoms with E-state index in [1.807, 2.05) is 36.7 Å². The third-order valence-corrected chi connectivity index (χ3v) is 6.31. The number of anilines is 1. The van der Waals surface area contributed by atoms with Crippen LogP contribution in [0.25, 0.3) is 0 Å². The number of nitrogens with one attached hydrogen (secondary N) is 1. The van der Waals surface area contributed by atoms with E-state index in [2.05, 4.69) is 32.4 Å². The van der Waals surface area contributed by atoms with Crippen molar-refractivity contribution < 1.29 is 9.53 Å². The van der Waals surface area contributed by atoms with Gasteiger partial charge in [-0.15, -0.1) is 0 Å². The van der Waals surface area contributed by atoms with Crippen LogP contribution >= 0.6 is 0 Å². The lowest BCUT2D eigenvalue weighted by atomic mass is 9.94. The molecule has 0 bridgehead atoms. The molecule has 5 rings (SSSR count). The van der Waals surface area contributed by atoms with Crippen LogP contribution in [0.3, 0.4) is 0 Å². The van der Waals surface area contributed by atoms with Crippen molar-refractivity contribution in [3.63, 3.8) is 0 Å². The van der Waals surface area contributed by atoms with E-state index in [0.717, 1.165) is 62.7 Å². The van der Waals surface area contributed by atoms with Crippen molar-refractivity contribution in [3.05, 3.63) is 53.9 Å². The molecule has 31 heavy (non-hydrogen) atoms. The molecule has 1 N–H and O–H groups in total. The van der Waals surface area contributed by atoms with Crippen molar-refractivity contribution in [2.45, 2.75) is 31.3 Å². The topological polar surface area (TPSA) is 83.0 Å². The lowest BCUT2D eigenvalue weighted by Gasteiger charge is -2.34. The zero-order valence-electron chi connectivity index (χ0n) is 17.6. The second-order valence-corrected chi connectivity index (χ2v) is 8.27. The van der Waals surface area contributed by atoms with Crippen LogP contribution in [0.5, 0.6) is 0 Å². The molecule has 2 fully saturated rings. The molecule has 2 saturated heterocycles. The van der Waals surface area contributed by atoms with Gasteiger partial charge in [-0.3, -0.25) is 4.79 Å². The van der Waals surface area contributed by atoms with Gasteiger partial charge in [0.15, 0.2) is 0 Å². The summed E-state index contributed by atoms with van der Waals surface area (Å²) in [6, 6.07) is 12.2. The minimum absolute atomic E-state index is 0.0111. The molecule has 3 aliphatic rings. The summed E-state index contributed by atoms with van der Waals surface area (Å²) >= 11 is 0. The maximum absolute atomic E-state index is 13.2. The van der Waals surface area contributed by atoms with Crippen molar-refractivity contribution in [1.29, 1.82) is 0 Å². The van der Waals surface area contributed by atoms with Gasteiger partial charge in [-0.05, 0) is 24.5 Å². The Morgan fingerprint density at radius 1 is 1.13 bits per heavy atom. The van der Waals surface area contributed by atoms with Crippen molar-refractivity contribution in [1.82, 2.24) is 20.3 Å². The first-order valence-electron chi connectivity index (χ1n) is 11.1. The molecule has 2 atom stereocenters. The van der Waals surface area contributed by atoms with Gasteiger partial charge in [0.1, 0.15) is 0 Å². The maximum atomic E-state index is 13.2. The predicted molar refractivity (Wildman–Crippen MR) is 118 cm³/mol. The number of hydrogen-bond donors (Lipinski definition) is 1. The third-order valence-electron chi connectivity index (χ3n) is 6.31. The molecule has 2 unspecified atom stereocenters. The van der Waals surface area contributed by atoms with E-state index in [4.69, 9.17) is 9.72 Å². The van der Waals surface area contributed by atoms with E-state index in [9.17, 15) is 4.79 Å². The summed E-state index contributed by atoms with van der Waals surface area (Å²) < 4.78 is 5.56. The maximum Gasteiger partial charge on any atom is 0.246 e. The van der Waals surface area contributed by atoms with Gasteiger partial charge in [-0.25, -0.2) is 15.0 Å². The molecule has 0 aliphatic carbocycles. The Morgan fingerprint density at radius 3 is 2.74 bits per heavy atom. The quantitative estimate of drug-likeness (QED) is 0.817. The van der Waals surface area contributed by atoms with Gasteiger partial charge in [0, 0.05) is 44.4 Å². The van der Waals surface area contributed by atoms with Crippen molar-refractivity contribution >= 4 is 18.1 Å². The average Bonchev–Trinajstić information content (AvgIpc) is 3.35. The number of nitrogens with zero attached hydrogens (tertiary/aromatic N) is 5. The number of ether oxygens (including phenoxy) is 1. The highest BCUT2D eigenvalue weighted by Gasteiger charge is 2.35. The van der Waals surface area contributed by atoms with E-state index < -0.39 is 0 Å². The van der Waals surface area contributed by atoms with Gasteiger partial charge < -0.3 is 15.0 Å². The number of hydrogen-bond acceptors (Lipinski definition) is 7. The number of carbonyl (C=O) groups is 1. The van der Waals surface area contributed by atoms with Gasteiger partial charge in [0.25, 0.3) is 0 Å². The smallest absolute Gasteiger partial charge is 0.246 e. The highest BCUT2D eigenvalue weighted by atomic mass is 16.5. The van der Waals surface area contributed by atoms with Crippen molar-refractivity contribution in [2.75, 3.05) is 37.7 Å². The Balaban J connectivity index is 1.21. The summed E-state index contributed by atoms with van der Waals surface area (Å²) in [6.07, 6.45) is 6.01. The number of aromatic nitrogens is 2. The van der Waals surface area contributed by atoms with Crippen LogP contribution < -0.4 is 10.2 Å². The molecule has 4 heterocycles. The number of rotatable bonds is 4. The fraction of sp³-hybridized carbons (Fsp3) is 0.478. The van der Waals surface area contributed by atoms with Gasteiger partial charge in [0.05, 0.1) is 31.0 Å². The molecular weight excluding hydrogens is 392 g/mol. The van der Waals surface area contributed by atoms with Crippen LogP contribution in [0.2, 0.25) is 0 Å². The second-order valence-electron chi connectivity index (χ2n) is 8.27. The Morgan fingerprint density at radius 2 is 1.97 bits per heavy atom. The average molecular weight is 421 g/mol. The molecule has 162 valence electrons. The van der Waals surface area contributed by atoms with E-state index in [-0.39, 0.29) is 23.9 Å². The standard InChI is InChI=1S/C23H28N6O2/c30-22(29-21(7-11-26-29)17-4-2-1-3-5-17)18-8-13-28(14-9-18)23-25-10-6-19(27-23)20-16-31-15-12-24-20/h1-6,10-11,18,20-21,24H,7-9,12-16H2. The molecule has 1 aromatic heterocycles. The molecule has 2 aromatic rings. The lowest BCUT2D eigenvalue weighted by Crippen LogP contribution is -2.42. The monoisotopic (exact) mass is 420 g/mol. The first kappa shape index (κ1) is 20.1. The molecule has 8 heteroatoms. The van der Waals surface area contributed by atoms with Crippen molar-refractivity contribution in [3.8, 4) is 0 Å². The summed E-state index contributed by atoms with van der Waals surface area (Å²) in [4.78, 5) is 24.7. The van der Waals surface area contributed by atoms with Crippen LogP contribution in [0.15, 0.2) is 47.7 Å². The van der Waals surface area contributed by atoms with Crippen LogP contribution in [0.4, 0.5) is 5.95 Å². The van der Waals surface area contributed by atoms with Gasteiger partial charge in [-0.1, -0.05) is 30.3 Å². The fourth-order valence-corrected chi connectivity index (χ4v) is 4.56. The number of piperidine rings is 1. The molecular formula is C23H28N6O2. The predicted octanol–water partition coefficient (Wildman–Crippen LogP) is 2.31. The molecule has 1 aromatic carbocycles. The number of hydrazone groups is 1. The summed E-state index contributed by atoms with van der Waals surface area (Å²) in [5.41, 5.74) is 2.09. The SMILES string of the molecule is O=C(C1CCN(c2nccc(C3COCCN3)n2)CC1)N1N=CCC1c1ccccc1. The molecule has 8 nitrogen and oxygen atoms in total. The zero-order valence-corrected chi connectivity index (χ0v) is 17.6. The van der Waals surface area contributed by atoms with Crippen LogP contribution in [-0.4, -0.2) is 59.9 Å². The Kier molecular flexibility index (Phi) is 5.90. The second kappa shape index (κ2) is 9.11. The molecule has 0 spiro atoms. The van der Waals surface area contributed by atoms with Crippen molar-refractivity contribution in [2.24, 2.45) is 11.0 Å². The summed E-state index contributed by atoms with van der Waals surface area (Å²) in [5, 5.41) is 9.55. The van der Waals surface area contributed by atoms with Gasteiger partial charge in [-0.2, -0.15) is 5.10 Å². The highest BCUT2D eigenvalue weighted by molar-refractivity contribution is 5.82. The molecule has 3 aliphatic heterocycles. The minimum Gasteiger partial charge on any atom is -0.378 e. The van der Waals surface area contributed by atoms with E-state index >= 15 is 0 Å². The third kappa shape index (κ3) is 4.31. The Labute approximate surface area is 182 Å². The first-order valence-corrected chi connectivity index (χ1v) is 11.1. The summed E-state index contributed by atoms with van der Waals surface area (Å²) in [7, 11) is 0. The van der Waals surface area contributed by atoms with Gasteiger partial charge in [0.2, 0.25) is 11.9 Å². The van der Waals surface area contributed by atoms with Gasteiger partial charge >= 0.3 is 0 Å². The number of benzene rings is 1. The van der Waals surface area contributed by atoms with Crippen LogP contribution in [0.1, 0.15) is 42.6 Å². The van der Waals surface area contributed by atoms with Crippen LogP contribution in [0, 0.1) is 5.92 Å². The van der Waals surface area contributed by atoms with E-state index in [0.29, 0.717) is 6.61 Å². The van der Waals surface area contributed by atoms with Crippen LogP contribution in [-0.2, 0) is 9.53 Å². The fourth-order valence-electron chi connectivity index (χ4n) is 4.56. The number of amides is 1. The summed E-state index contributed by atoms with van der Waals surface area (Å²) in [6.45, 7) is 3.73. The highest BCUT2D eigenvalue weighted by Crippen LogP contribution is 2.32.